The van der Waals surface area contributed by atoms with Crippen molar-refractivity contribution < 1.29 is 24.2 Å². The van der Waals surface area contributed by atoms with Crippen molar-refractivity contribution in [2.75, 3.05) is 13.3 Å². The molecule has 1 amide bonds. The van der Waals surface area contributed by atoms with E-state index in [1.54, 1.807) is 24.5 Å². The molecule has 2 heterocycles. The smallest absolute Gasteiger partial charge is 0.339 e. The molecule has 2 aromatic rings. The molecule has 0 saturated carbocycles. The number of aromatic nitrogens is 1. The Morgan fingerprint density at radius 1 is 1.25 bits per heavy atom. The third-order valence-electron chi connectivity index (χ3n) is 4.77. The Labute approximate surface area is 164 Å². The van der Waals surface area contributed by atoms with Crippen molar-refractivity contribution in [2.45, 2.75) is 33.1 Å². The summed E-state index contributed by atoms with van der Waals surface area (Å²) in [6, 6.07) is 5.41. The quantitative estimate of drug-likeness (QED) is 0.615. The predicted molar refractivity (Wildman–Crippen MR) is 104 cm³/mol. The number of carboxylic acids is 1. The number of fused-ring (bicyclic) bond motifs is 1. The van der Waals surface area contributed by atoms with Crippen molar-refractivity contribution >= 4 is 11.9 Å². The lowest BCUT2D eigenvalue weighted by molar-refractivity contribution is -0.120. The maximum absolute atomic E-state index is 12.2. The third-order valence-corrected chi connectivity index (χ3v) is 4.77. The summed E-state index contributed by atoms with van der Waals surface area (Å²) in [4.78, 5) is 27.0. The van der Waals surface area contributed by atoms with Gasteiger partial charge in [-0.15, -0.1) is 0 Å². The highest BCUT2D eigenvalue weighted by Crippen LogP contribution is 2.38. The molecular formula is C21H26N2O5. The third kappa shape index (κ3) is 4.85. The number of nitrogens with one attached hydrogen (secondary N) is 2. The second-order valence-electron chi connectivity index (χ2n) is 7.54. The molecule has 150 valence electrons. The summed E-state index contributed by atoms with van der Waals surface area (Å²) in [6.45, 7) is 4.76. The van der Waals surface area contributed by atoms with Crippen molar-refractivity contribution in [1.29, 1.82) is 0 Å². The van der Waals surface area contributed by atoms with Crippen LogP contribution in [-0.2, 0) is 17.6 Å². The van der Waals surface area contributed by atoms with Gasteiger partial charge in [0.25, 0.3) is 0 Å². The Hall–Kier alpha value is -2.96. The van der Waals surface area contributed by atoms with Crippen LogP contribution in [0.2, 0.25) is 0 Å². The summed E-state index contributed by atoms with van der Waals surface area (Å²) in [5.41, 5.74) is 1.78. The first kappa shape index (κ1) is 19.8. The SMILES string of the molecule is CC(C)C[C@H](CNC(=O)Cc1cc[nH]c1)Cc1ccc2c(c1C(=O)O)OCO2. The summed E-state index contributed by atoms with van der Waals surface area (Å²) in [7, 11) is 0. The van der Waals surface area contributed by atoms with Gasteiger partial charge < -0.3 is 24.9 Å². The summed E-state index contributed by atoms with van der Waals surface area (Å²) in [5.74, 6) is 0.225. The molecule has 1 atom stereocenters. The normalized spacial score (nSPS) is 13.5. The number of ether oxygens (including phenoxy) is 2. The van der Waals surface area contributed by atoms with Crippen LogP contribution in [0.15, 0.2) is 30.6 Å². The molecule has 0 spiro atoms. The van der Waals surface area contributed by atoms with Gasteiger partial charge in [-0.05, 0) is 47.9 Å². The van der Waals surface area contributed by atoms with Gasteiger partial charge in [-0.2, -0.15) is 0 Å². The minimum atomic E-state index is -1.03. The molecule has 3 rings (SSSR count). The Bertz CT molecular complexity index is 830. The molecule has 1 aliphatic rings. The molecule has 0 fully saturated rings. The van der Waals surface area contributed by atoms with Gasteiger partial charge in [0.1, 0.15) is 5.56 Å². The number of amides is 1. The number of hydrogen-bond donors (Lipinski definition) is 3. The number of benzene rings is 1. The summed E-state index contributed by atoms with van der Waals surface area (Å²) >= 11 is 0. The zero-order valence-electron chi connectivity index (χ0n) is 16.2. The Kier molecular flexibility index (Phi) is 6.23. The number of aromatic carboxylic acids is 1. The number of H-pyrrole nitrogens is 1. The van der Waals surface area contributed by atoms with Crippen LogP contribution in [0, 0.1) is 11.8 Å². The first-order valence-electron chi connectivity index (χ1n) is 9.47. The van der Waals surface area contributed by atoms with Crippen LogP contribution in [-0.4, -0.2) is 35.3 Å². The standard InChI is InChI=1S/C21H26N2O5/c1-13(2)7-15(11-23-18(24)9-14-5-6-22-10-14)8-16-3-4-17-20(28-12-27-17)19(16)21(25)26/h3-6,10,13,15,22H,7-9,11-12H2,1-2H3,(H,23,24)(H,25,26)/t15-/m0/s1. The van der Waals surface area contributed by atoms with Crippen molar-refractivity contribution in [3.05, 3.63) is 47.3 Å². The lowest BCUT2D eigenvalue weighted by Gasteiger charge is -2.21. The van der Waals surface area contributed by atoms with Crippen molar-refractivity contribution in [3.63, 3.8) is 0 Å². The number of rotatable bonds is 9. The largest absolute Gasteiger partial charge is 0.478 e. The molecule has 3 N–H and O–H groups in total. The second-order valence-corrected chi connectivity index (χ2v) is 7.54. The van der Waals surface area contributed by atoms with E-state index < -0.39 is 5.97 Å². The topological polar surface area (TPSA) is 101 Å². The van der Waals surface area contributed by atoms with E-state index in [1.165, 1.54) is 0 Å². The molecule has 0 aliphatic carbocycles. The Balaban J connectivity index is 1.70. The first-order valence-corrected chi connectivity index (χ1v) is 9.47. The van der Waals surface area contributed by atoms with Gasteiger partial charge in [-0.3, -0.25) is 4.79 Å². The summed E-state index contributed by atoms with van der Waals surface area (Å²) < 4.78 is 10.7. The van der Waals surface area contributed by atoms with Crippen LogP contribution in [0.4, 0.5) is 0 Å². The fourth-order valence-electron chi connectivity index (χ4n) is 3.61. The van der Waals surface area contributed by atoms with E-state index in [4.69, 9.17) is 9.47 Å². The van der Waals surface area contributed by atoms with Gasteiger partial charge in [-0.25, -0.2) is 4.79 Å². The minimum Gasteiger partial charge on any atom is -0.478 e. The molecular weight excluding hydrogens is 360 g/mol. The monoisotopic (exact) mass is 386 g/mol. The lowest BCUT2D eigenvalue weighted by Crippen LogP contribution is -2.32. The number of carboxylic acid groups (broad SMARTS) is 1. The number of aromatic amines is 1. The lowest BCUT2D eigenvalue weighted by atomic mass is 9.88. The van der Waals surface area contributed by atoms with Gasteiger partial charge in [0.2, 0.25) is 12.7 Å². The fourth-order valence-corrected chi connectivity index (χ4v) is 3.61. The van der Waals surface area contributed by atoms with Crippen LogP contribution in [0.25, 0.3) is 0 Å². The molecule has 1 aliphatic heterocycles. The van der Waals surface area contributed by atoms with Crippen molar-refractivity contribution in [1.82, 2.24) is 10.3 Å². The van der Waals surface area contributed by atoms with E-state index in [-0.39, 0.29) is 24.2 Å². The number of carbonyl (C=O) groups is 2. The Morgan fingerprint density at radius 3 is 2.75 bits per heavy atom. The van der Waals surface area contributed by atoms with Crippen molar-refractivity contribution in [2.24, 2.45) is 11.8 Å². The summed E-state index contributed by atoms with van der Waals surface area (Å²) in [6.07, 6.45) is 5.33. The van der Waals surface area contributed by atoms with E-state index in [0.717, 1.165) is 12.0 Å². The van der Waals surface area contributed by atoms with Gasteiger partial charge >= 0.3 is 5.97 Å². The van der Waals surface area contributed by atoms with E-state index in [1.807, 2.05) is 6.07 Å². The predicted octanol–water partition coefficient (Wildman–Crippen LogP) is 3.01. The molecule has 7 heteroatoms. The maximum atomic E-state index is 12.2. The van der Waals surface area contributed by atoms with Gasteiger partial charge in [0.15, 0.2) is 11.5 Å². The maximum Gasteiger partial charge on any atom is 0.339 e. The van der Waals surface area contributed by atoms with Crippen LogP contribution >= 0.6 is 0 Å². The minimum absolute atomic E-state index is 0.0314. The molecule has 1 aromatic heterocycles. The highest BCUT2D eigenvalue weighted by molar-refractivity contribution is 5.94. The first-order chi connectivity index (χ1) is 13.4. The zero-order valence-corrected chi connectivity index (χ0v) is 16.2. The van der Waals surface area contributed by atoms with Crippen LogP contribution in [0.5, 0.6) is 11.5 Å². The van der Waals surface area contributed by atoms with E-state index in [9.17, 15) is 14.7 Å². The molecule has 1 aromatic carbocycles. The van der Waals surface area contributed by atoms with Gasteiger partial charge in [0, 0.05) is 18.9 Å². The fraction of sp³-hybridized carbons (Fsp3) is 0.429. The van der Waals surface area contributed by atoms with Crippen LogP contribution in [0.1, 0.15) is 41.8 Å². The van der Waals surface area contributed by atoms with E-state index in [2.05, 4.69) is 24.1 Å². The van der Waals surface area contributed by atoms with Gasteiger partial charge in [0.05, 0.1) is 6.42 Å². The highest BCUT2D eigenvalue weighted by atomic mass is 16.7. The van der Waals surface area contributed by atoms with Crippen molar-refractivity contribution in [3.8, 4) is 11.5 Å². The number of hydrogen-bond acceptors (Lipinski definition) is 4. The Morgan fingerprint density at radius 2 is 2.07 bits per heavy atom. The van der Waals surface area contributed by atoms with Crippen LogP contribution < -0.4 is 14.8 Å². The average molecular weight is 386 g/mol. The molecule has 7 nitrogen and oxygen atoms in total. The molecule has 0 bridgehead atoms. The highest BCUT2D eigenvalue weighted by Gasteiger charge is 2.27. The summed E-state index contributed by atoms with van der Waals surface area (Å²) in [5, 5.41) is 12.7. The molecule has 0 radical (unpaired) electrons. The number of carbonyl (C=O) groups excluding carboxylic acids is 1. The zero-order chi connectivity index (χ0) is 20.1. The molecule has 28 heavy (non-hydrogen) atoms. The second kappa shape index (κ2) is 8.82. The van der Waals surface area contributed by atoms with E-state index in [0.29, 0.717) is 42.4 Å². The van der Waals surface area contributed by atoms with Gasteiger partial charge in [-0.1, -0.05) is 19.9 Å². The molecule has 0 saturated heterocycles. The molecule has 0 unspecified atom stereocenters. The van der Waals surface area contributed by atoms with Crippen LogP contribution in [0.3, 0.4) is 0 Å². The van der Waals surface area contributed by atoms with E-state index >= 15 is 0 Å². The average Bonchev–Trinajstić information content (AvgIpc) is 3.30.